The van der Waals surface area contributed by atoms with Gasteiger partial charge in [0, 0.05) is 6.61 Å². The lowest BCUT2D eigenvalue weighted by molar-refractivity contribution is -0.121. The SMILES string of the molecule is CC1(C)[C@H](CO)[C@@H]1C[C@@H](OC(=O)c1ccccc1)[C@H](O)O[Si](C)(C)C(C)(C)C. The smallest absolute Gasteiger partial charge is 0.338 e. The molecule has 0 heterocycles. The van der Waals surface area contributed by atoms with Gasteiger partial charge >= 0.3 is 5.97 Å². The maximum absolute atomic E-state index is 12.6. The summed E-state index contributed by atoms with van der Waals surface area (Å²) in [5.41, 5.74) is 0.406. The third-order valence-corrected chi connectivity index (χ3v) is 11.2. The Morgan fingerprint density at radius 1 is 1.18 bits per heavy atom. The van der Waals surface area contributed by atoms with Crippen LogP contribution in [0.1, 0.15) is 51.4 Å². The highest BCUT2D eigenvalue weighted by Crippen LogP contribution is 2.60. The van der Waals surface area contributed by atoms with Gasteiger partial charge in [-0.05, 0) is 53.9 Å². The first kappa shape index (κ1) is 23.1. The van der Waals surface area contributed by atoms with Crippen molar-refractivity contribution >= 4 is 14.3 Å². The van der Waals surface area contributed by atoms with E-state index in [0.29, 0.717) is 12.0 Å². The van der Waals surface area contributed by atoms with Gasteiger partial charge in [-0.3, -0.25) is 0 Å². The van der Waals surface area contributed by atoms with Crippen molar-refractivity contribution in [3.8, 4) is 0 Å². The monoisotopic (exact) mass is 408 g/mol. The molecule has 0 unspecified atom stereocenters. The van der Waals surface area contributed by atoms with Crippen molar-refractivity contribution in [2.45, 2.75) is 71.6 Å². The van der Waals surface area contributed by atoms with Crippen LogP contribution in [0.5, 0.6) is 0 Å². The molecule has 0 aliphatic heterocycles. The van der Waals surface area contributed by atoms with Crippen LogP contribution in [0.15, 0.2) is 30.3 Å². The van der Waals surface area contributed by atoms with E-state index in [1.807, 2.05) is 6.07 Å². The van der Waals surface area contributed by atoms with Crippen LogP contribution in [-0.4, -0.2) is 43.5 Å². The van der Waals surface area contributed by atoms with Gasteiger partial charge in [-0.15, -0.1) is 0 Å². The van der Waals surface area contributed by atoms with Crippen molar-refractivity contribution in [3.63, 3.8) is 0 Å². The third-order valence-electron chi connectivity index (χ3n) is 6.78. The Hall–Kier alpha value is -1.21. The minimum atomic E-state index is -2.24. The van der Waals surface area contributed by atoms with Crippen molar-refractivity contribution in [1.29, 1.82) is 0 Å². The number of hydrogen-bond donors (Lipinski definition) is 2. The largest absolute Gasteiger partial charge is 0.453 e. The molecule has 0 radical (unpaired) electrons. The van der Waals surface area contributed by atoms with Crippen LogP contribution in [0.2, 0.25) is 18.1 Å². The molecule has 1 aliphatic carbocycles. The minimum absolute atomic E-state index is 0.0388. The predicted octanol–water partition coefficient (Wildman–Crippen LogP) is 4.21. The first-order chi connectivity index (χ1) is 12.8. The van der Waals surface area contributed by atoms with E-state index >= 15 is 0 Å². The normalized spacial score (nSPS) is 23.8. The average Bonchev–Trinajstić information content (AvgIpc) is 3.12. The summed E-state index contributed by atoms with van der Waals surface area (Å²) in [5.74, 6) is -0.156. The summed E-state index contributed by atoms with van der Waals surface area (Å²) in [5, 5.41) is 20.4. The molecule has 2 rings (SSSR count). The van der Waals surface area contributed by atoms with Gasteiger partial charge < -0.3 is 19.4 Å². The average molecular weight is 409 g/mol. The Morgan fingerprint density at radius 2 is 1.75 bits per heavy atom. The second-order valence-corrected chi connectivity index (χ2v) is 14.8. The van der Waals surface area contributed by atoms with Gasteiger partial charge in [0.2, 0.25) is 0 Å². The highest BCUT2D eigenvalue weighted by atomic mass is 28.4. The fourth-order valence-electron chi connectivity index (χ4n) is 3.50. The highest BCUT2D eigenvalue weighted by Gasteiger charge is 2.58. The summed E-state index contributed by atoms with van der Waals surface area (Å²) in [6, 6.07) is 8.78. The van der Waals surface area contributed by atoms with Crippen molar-refractivity contribution in [1.82, 2.24) is 0 Å². The maximum atomic E-state index is 12.6. The summed E-state index contributed by atoms with van der Waals surface area (Å²) in [4.78, 5) is 12.6. The predicted molar refractivity (Wildman–Crippen MR) is 112 cm³/mol. The van der Waals surface area contributed by atoms with Gasteiger partial charge in [0.1, 0.15) is 0 Å². The fraction of sp³-hybridized carbons (Fsp3) is 0.682. The maximum Gasteiger partial charge on any atom is 0.338 e. The van der Waals surface area contributed by atoms with Crippen LogP contribution in [0.3, 0.4) is 0 Å². The van der Waals surface area contributed by atoms with Gasteiger partial charge in [-0.2, -0.15) is 0 Å². The first-order valence-electron chi connectivity index (χ1n) is 10.0. The number of hydrogen-bond acceptors (Lipinski definition) is 5. The summed E-state index contributed by atoms with van der Waals surface area (Å²) >= 11 is 0. The molecule has 28 heavy (non-hydrogen) atoms. The van der Waals surface area contributed by atoms with Gasteiger partial charge in [0.15, 0.2) is 20.7 Å². The molecule has 1 fully saturated rings. The van der Waals surface area contributed by atoms with Crippen molar-refractivity contribution < 1.29 is 24.2 Å². The van der Waals surface area contributed by atoms with E-state index in [0.717, 1.165) is 0 Å². The van der Waals surface area contributed by atoms with Crippen molar-refractivity contribution in [2.75, 3.05) is 6.61 Å². The van der Waals surface area contributed by atoms with Crippen LogP contribution in [0.4, 0.5) is 0 Å². The lowest BCUT2D eigenvalue weighted by Crippen LogP contribution is -2.48. The zero-order chi connectivity index (χ0) is 21.3. The fourth-order valence-corrected chi connectivity index (χ4v) is 4.60. The number of carbonyl (C=O) groups excluding carboxylic acids is 1. The third kappa shape index (κ3) is 5.03. The second kappa shape index (κ2) is 8.26. The zero-order valence-electron chi connectivity index (χ0n) is 18.2. The minimum Gasteiger partial charge on any atom is -0.453 e. The molecule has 0 spiro atoms. The summed E-state index contributed by atoms with van der Waals surface area (Å²) in [7, 11) is -2.24. The molecular formula is C22H36O5Si. The number of benzene rings is 1. The first-order valence-corrected chi connectivity index (χ1v) is 12.9. The van der Waals surface area contributed by atoms with E-state index in [-0.39, 0.29) is 28.9 Å². The number of esters is 1. The number of rotatable bonds is 8. The number of carbonyl (C=O) groups is 1. The van der Waals surface area contributed by atoms with E-state index in [4.69, 9.17) is 9.16 Å². The van der Waals surface area contributed by atoms with Crippen LogP contribution >= 0.6 is 0 Å². The van der Waals surface area contributed by atoms with Crippen LogP contribution in [0.25, 0.3) is 0 Å². The van der Waals surface area contributed by atoms with E-state index in [2.05, 4.69) is 47.7 Å². The molecule has 0 aromatic heterocycles. The second-order valence-electron chi connectivity index (χ2n) is 10.0. The molecule has 1 aromatic carbocycles. The highest BCUT2D eigenvalue weighted by molar-refractivity contribution is 6.74. The van der Waals surface area contributed by atoms with Crippen molar-refractivity contribution in [3.05, 3.63) is 35.9 Å². The van der Waals surface area contributed by atoms with Crippen molar-refractivity contribution in [2.24, 2.45) is 17.3 Å². The lowest BCUT2D eigenvalue weighted by Gasteiger charge is -2.39. The molecule has 1 aromatic rings. The van der Waals surface area contributed by atoms with E-state index in [1.54, 1.807) is 24.3 Å². The molecule has 6 heteroatoms. The standard InChI is InChI=1S/C22H36O5Si/c1-21(2,3)28(6,7)27-20(25)18(13-16-17(14-23)22(16,4)5)26-19(24)15-11-9-8-10-12-15/h8-12,16-18,20,23,25H,13-14H2,1-7H3/t16-,17+,18+,20+/m0/s1. The van der Waals surface area contributed by atoms with E-state index < -0.39 is 26.7 Å². The Kier molecular flexibility index (Phi) is 6.81. The Morgan fingerprint density at radius 3 is 2.21 bits per heavy atom. The van der Waals surface area contributed by atoms with E-state index in [1.165, 1.54) is 0 Å². The molecule has 1 aliphatic rings. The number of aliphatic hydroxyl groups is 2. The van der Waals surface area contributed by atoms with Gasteiger partial charge in [0.05, 0.1) is 5.56 Å². The summed E-state index contributed by atoms with van der Waals surface area (Å²) in [6.45, 7) is 14.7. The summed E-state index contributed by atoms with van der Waals surface area (Å²) < 4.78 is 11.8. The summed E-state index contributed by atoms with van der Waals surface area (Å²) in [6.07, 6.45) is -1.50. The van der Waals surface area contributed by atoms with E-state index in [9.17, 15) is 15.0 Å². The molecular weight excluding hydrogens is 372 g/mol. The molecule has 4 atom stereocenters. The van der Waals surface area contributed by atoms with Gasteiger partial charge in [-0.1, -0.05) is 52.8 Å². The topological polar surface area (TPSA) is 76.0 Å². The van der Waals surface area contributed by atoms with Gasteiger partial charge in [-0.25, -0.2) is 4.79 Å². The quantitative estimate of drug-likeness (QED) is 0.383. The zero-order valence-corrected chi connectivity index (χ0v) is 19.2. The molecule has 1 saturated carbocycles. The Labute approximate surface area is 170 Å². The van der Waals surface area contributed by atoms with Crippen LogP contribution < -0.4 is 0 Å². The van der Waals surface area contributed by atoms with Crippen LogP contribution in [0, 0.1) is 17.3 Å². The Balaban J connectivity index is 2.17. The molecule has 0 bridgehead atoms. The lowest BCUT2D eigenvalue weighted by atomic mass is 10.0. The molecule has 158 valence electrons. The Bertz CT molecular complexity index is 665. The van der Waals surface area contributed by atoms with Crippen LogP contribution in [-0.2, 0) is 9.16 Å². The molecule has 2 N–H and O–H groups in total. The number of ether oxygens (including phenoxy) is 1. The number of aliphatic hydroxyl groups excluding tert-OH is 2. The molecule has 5 nitrogen and oxygen atoms in total. The molecule has 0 saturated heterocycles. The molecule has 0 amide bonds. The van der Waals surface area contributed by atoms with Gasteiger partial charge in [0.25, 0.3) is 0 Å².